The van der Waals surface area contributed by atoms with Crippen molar-refractivity contribution in [1.29, 1.82) is 0 Å². The fourth-order valence-electron chi connectivity index (χ4n) is 5.07. The molecule has 0 radical (unpaired) electrons. The molecule has 26 heavy (non-hydrogen) atoms. The average Bonchev–Trinajstić information content (AvgIpc) is 3.11. The van der Waals surface area contributed by atoms with Crippen molar-refractivity contribution in [2.24, 2.45) is 10.9 Å². The molecule has 2 fully saturated rings. The van der Waals surface area contributed by atoms with Crippen molar-refractivity contribution >= 4 is 10.8 Å². The minimum Gasteiger partial charge on any atom is -0.326 e. The molecule has 2 atom stereocenters. The van der Waals surface area contributed by atoms with Crippen LogP contribution in [0.2, 0.25) is 0 Å². The zero-order valence-corrected chi connectivity index (χ0v) is 15.4. The van der Waals surface area contributed by atoms with Crippen LogP contribution in [-0.4, -0.2) is 36.1 Å². The van der Waals surface area contributed by atoms with Gasteiger partial charge in [-0.15, -0.1) is 0 Å². The van der Waals surface area contributed by atoms with Crippen molar-refractivity contribution in [3.8, 4) is 0 Å². The molecule has 2 aromatic carbocycles. The topological polar surface area (TPSA) is 58.7 Å². The lowest BCUT2D eigenvalue weighted by Gasteiger charge is -2.40. The summed E-state index contributed by atoms with van der Waals surface area (Å²) in [5, 5.41) is 6.32. The molecule has 1 heterocycles. The molecule has 0 aromatic heterocycles. The van der Waals surface area contributed by atoms with Gasteiger partial charge in [-0.25, -0.2) is 0 Å². The summed E-state index contributed by atoms with van der Waals surface area (Å²) < 4.78 is 0. The van der Waals surface area contributed by atoms with E-state index in [1.165, 1.54) is 22.8 Å². The Bertz CT molecular complexity index is 764. The Kier molecular flexibility index (Phi) is 5.05. The molecule has 1 unspecified atom stereocenters. The molecule has 1 aliphatic carbocycles. The van der Waals surface area contributed by atoms with Crippen molar-refractivity contribution in [2.45, 2.75) is 56.0 Å². The highest BCUT2D eigenvalue weighted by Crippen LogP contribution is 2.45. The lowest BCUT2D eigenvalue weighted by molar-refractivity contribution is 0.197. The van der Waals surface area contributed by atoms with Gasteiger partial charge >= 0.3 is 0 Å². The largest absolute Gasteiger partial charge is 0.326 e. The van der Waals surface area contributed by atoms with Gasteiger partial charge in [-0.05, 0) is 42.1 Å². The van der Waals surface area contributed by atoms with Crippen LogP contribution in [-0.2, 0) is 0 Å². The molecule has 1 saturated carbocycles. The summed E-state index contributed by atoms with van der Waals surface area (Å²) in [4.78, 5) is 14.6. The number of hydrogen-bond donors (Lipinski definition) is 1. The van der Waals surface area contributed by atoms with Crippen LogP contribution in [0.4, 0.5) is 0 Å². The van der Waals surface area contributed by atoms with Crippen molar-refractivity contribution in [3.05, 3.63) is 52.9 Å². The van der Waals surface area contributed by atoms with Gasteiger partial charge in [0.2, 0.25) is 0 Å². The predicted octanol–water partition coefficient (Wildman–Crippen LogP) is 4.43. The van der Waals surface area contributed by atoms with Crippen LogP contribution in [0, 0.1) is 4.91 Å². The number of nitroso groups, excluding NO2 is 1. The zero-order valence-electron chi connectivity index (χ0n) is 15.4. The summed E-state index contributed by atoms with van der Waals surface area (Å²) in [6, 6.07) is 15.3. The Morgan fingerprint density at radius 3 is 2.62 bits per heavy atom. The molecule has 0 spiro atoms. The minimum absolute atomic E-state index is 0.136. The summed E-state index contributed by atoms with van der Waals surface area (Å²) >= 11 is 0. The average molecular weight is 351 g/mol. The third kappa shape index (κ3) is 3.28. The Balaban J connectivity index is 1.77. The predicted molar refractivity (Wildman–Crippen MR) is 107 cm³/mol. The molecule has 2 aliphatic rings. The first-order chi connectivity index (χ1) is 12.7. The minimum atomic E-state index is -0.477. The Labute approximate surface area is 155 Å². The molecule has 1 aliphatic heterocycles. The van der Waals surface area contributed by atoms with Gasteiger partial charge in [-0.3, -0.25) is 0 Å². The first-order valence-corrected chi connectivity index (χ1v) is 10.0. The van der Waals surface area contributed by atoms with E-state index < -0.39 is 5.54 Å². The van der Waals surface area contributed by atoms with E-state index in [-0.39, 0.29) is 12.0 Å². The normalized spacial score (nSPS) is 24.6. The second-order valence-corrected chi connectivity index (χ2v) is 8.18. The van der Waals surface area contributed by atoms with Crippen molar-refractivity contribution < 1.29 is 0 Å². The third-order valence-electron chi connectivity index (χ3n) is 6.50. The van der Waals surface area contributed by atoms with E-state index in [4.69, 9.17) is 5.73 Å². The molecular weight excluding hydrogens is 322 g/mol. The highest BCUT2D eigenvalue weighted by Gasteiger charge is 2.44. The SMILES string of the molecule is N[C@@H]1CCN(CC(c2cccc3ccccc23)C2(N=O)CCCCC2)C1. The van der Waals surface area contributed by atoms with Gasteiger partial charge in [-0.2, -0.15) is 4.91 Å². The highest BCUT2D eigenvalue weighted by atomic mass is 16.3. The van der Waals surface area contributed by atoms with E-state index in [2.05, 4.69) is 52.5 Å². The fourth-order valence-corrected chi connectivity index (χ4v) is 5.07. The number of rotatable bonds is 5. The number of fused-ring (bicyclic) bond motifs is 1. The van der Waals surface area contributed by atoms with Gasteiger partial charge in [0, 0.05) is 25.0 Å². The van der Waals surface area contributed by atoms with Crippen LogP contribution < -0.4 is 5.73 Å². The van der Waals surface area contributed by atoms with E-state index in [9.17, 15) is 4.91 Å². The van der Waals surface area contributed by atoms with Gasteiger partial charge < -0.3 is 10.6 Å². The maximum absolute atomic E-state index is 12.2. The summed E-state index contributed by atoms with van der Waals surface area (Å²) in [5.74, 6) is 0.136. The van der Waals surface area contributed by atoms with Gasteiger partial charge in [0.1, 0.15) is 5.54 Å². The lowest BCUT2D eigenvalue weighted by atomic mass is 9.69. The van der Waals surface area contributed by atoms with Crippen molar-refractivity contribution in [2.75, 3.05) is 19.6 Å². The van der Waals surface area contributed by atoms with Crippen LogP contribution in [0.5, 0.6) is 0 Å². The fraction of sp³-hybridized carbons (Fsp3) is 0.545. The highest BCUT2D eigenvalue weighted by molar-refractivity contribution is 5.86. The zero-order chi connectivity index (χ0) is 18.0. The number of nitrogens with zero attached hydrogens (tertiary/aromatic N) is 2. The second-order valence-electron chi connectivity index (χ2n) is 8.18. The van der Waals surface area contributed by atoms with Gasteiger partial charge in [-0.1, -0.05) is 66.9 Å². The van der Waals surface area contributed by atoms with E-state index in [0.29, 0.717) is 0 Å². The molecule has 2 N–H and O–H groups in total. The standard InChI is InChI=1S/C22H29N3O/c23-18-11-14-25(15-18)16-21(22(24-26)12-4-1-5-13-22)20-10-6-8-17-7-2-3-9-19(17)20/h2-3,6-10,18,21H,1,4-5,11-16,23H2/t18-,21?/m1/s1. The van der Waals surface area contributed by atoms with Gasteiger partial charge in [0.05, 0.1) is 0 Å². The third-order valence-corrected chi connectivity index (χ3v) is 6.50. The first kappa shape index (κ1) is 17.6. The Hall–Kier alpha value is -1.78. The molecule has 0 bridgehead atoms. The molecule has 0 amide bonds. The van der Waals surface area contributed by atoms with E-state index in [1.807, 2.05) is 0 Å². The van der Waals surface area contributed by atoms with Crippen molar-refractivity contribution in [1.82, 2.24) is 4.90 Å². The summed E-state index contributed by atoms with van der Waals surface area (Å²) in [5.41, 5.74) is 6.95. The van der Waals surface area contributed by atoms with Gasteiger partial charge in [0.25, 0.3) is 0 Å². The number of hydrogen-bond acceptors (Lipinski definition) is 4. The first-order valence-electron chi connectivity index (χ1n) is 10.0. The molecule has 2 aromatic rings. The van der Waals surface area contributed by atoms with Crippen LogP contribution in [0.1, 0.15) is 50.0 Å². The summed E-state index contributed by atoms with van der Waals surface area (Å²) in [7, 11) is 0. The maximum atomic E-state index is 12.2. The smallest absolute Gasteiger partial charge is 0.111 e. The van der Waals surface area contributed by atoms with E-state index in [1.54, 1.807) is 0 Å². The van der Waals surface area contributed by atoms with Crippen LogP contribution in [0.15, 0.2) is 47.6 Å². The molecule has 1 saturated heterocycles. The van der Waals surface area contributed by atoms with Crippen LogP contribution in [0.25, 0.3) is 10.8 Å². The molecular formula is C22H29N3O. The number of nitrogens with two attached hydrogens (primary N) is 1. The van der Waals surface area contributed by atoms with Gasteiger partial charge in [0.15, 0.2) is 0 Å². The number of likely N-dealkylation sites (tertiary alicyclic amines) is 1. The molecule has 138 valence electrons. The second kappa shape index (κ2) is 7.45. The molecule has 4 rings (SSSR count). The Morgan fingerprint density at radius 1 is 1.12 bits per heavy atom. The van der Waals surface area contributed by atoms with Crippen molar-refractivity contribution in [3.63, 3.8) is 0 Å². The quantitative estimate of drug-likeness (QED) is 0.811. The molecule has 4 nitrogen and oxygen atoms in total. The lowest BCUT2D eigenvalue weighted by Crippen LogP contribution is -2.43. The van der Waals surface area contributed by atoms with Crippen LogP contribution >= 0.6 is 0 Å². The maximum Gasteiger partial charge on any atom is 0.111 e. The monoisotopic (exact) mass is 351 g/mol. The number of benzene rings is 2. The van der Waals surface area contributed by atoms with E-state index >= 15 is 0 Å². The summed E-state index contributed by atoms with van der Waals surface area (Å²) in [6.07, 6.45) is 6.28. The molecule has 4 heteroatoms. The Morgan fingerprint density at radius 2 is 1.88 bits per heavy atom. The van der Waals surface area contributed by atoms with Crippen LogP contribution in [0.3, 0.4) is 0 Å². The summed E-state index contributed by atoms with van der Waals surface area (Å²) in [6.45, 7) is 2.83. The van der Waals surface area contributed by atoms with E-state index in [0.717, 1.165) is 51.7 Å².